The number of halogens is 1. The molecule has 110 valence electrons. The van der Waals surface area contributed by atoms with Gasteiger partial charge in [-0.25, -0.2) is 4.39 Å². The summed E-state index contributed by atoms with van der Waals surface area (Å²) in [5.74, 6) is 0.108. The van der Waals surface area contributed by atoms with Crippen LogP contribution in [0.3, 0.4) is 0 Å². The van der Waals surface area contributed by atoms with Crippen LogP contribution in [0.25, 0.3) is 0 Å². The summed E-state index contributed by atoms with van der Waals surface area (Å²) in [6.07, 6.45) is -0.644. The van der Waals surface area contributed by atoms with E-state index in [1.807, 2.05) is 32.0 Å². The molecule has 2 aromatic rings. The van der Waals surface area contributed by atoms with Crippen LogP contribution in [0, 0.1) is 19.7 Å². The highest BCUT2D eigenvalue weighted by molar-refractivity contribution is 5.94. The molecule has 21 heavy (non-hydrogen) atoms. The van der Waals surface area contributed by atoms with Crippen LogP contribution in [-0.2, 0) is 4.79 Å². The van der Waals surface area contributed by atoms with Crippen LogP contribution in [-0.4, -0.2) is 12.0 Å². The van der Waals surface area contributed by atoms with E-state index in [1.165, 1.54) is 24.3 Å². The number of para-hydroxylation sites is 1. The number of amides is 1. The number of benzene rings is 2. The van der Waals surface area contributed by atoms with Gasteiger partial charge in [0.2, 0.25) is 0 Å². The van der Waals surface area contributed by atoms with Crippen LogP contribution in [0.4, 0.5) is 10.1 Å². The summed E-state index contributed by atoms with van der Waals surface area (Å²) in [5.41, 5.74) is 2.51. The Hall–Kier alpha value is -2.36. The Morgan fingerprint density at radius 3 is 2.24 bits per heavy atom. The quantitative estimate of drug-likeness (QED) is 0.927. The Morgan fingerprint density at radius 2 is 1.67 bits per heavy atom. The van der Waals surface area contributed by atoms with Crippen LogP contribution in [0.15, 0.2) is 42.5 Å². The number of rotatable bonds is 4. The molecule has 1 unspecified atom stereocenters. The maximum absolute atomic E-state index is 12.8. The normalized spacial score (nSPS) is 11.8. The van der Waals surface area contributed by atoms with Crippen molar-refractivity contribution >= 4 is 11.6 Å². The molecule has 1 atom stereocenters. The molecule has 0 heterocycles. The van der Waals surface area contributed by atoms with E-state index in [4.69, 9.17) is 4.74 Å². The van der Waals surface area contributed by atoms with Crippen molar-refractivity contribution in [1.82, 2.24) is 0 Å². The third-order valence-corrected chi connectivity index (χ3v) is 3.18. The topological polar surface area (TPSA) is 38.3 Å². The monoisotopic (exact) mass is 287 g/mol. The van der Waals surface area contributed by atoms with Crippen molar-refractivity contribution in [2.45, 2.75) is 26.9 Å². The van der Waals surface area contributed by atoms with Crippen LogP contribution in [0.1, 0.15) is 18.1 Å². The number of nitrogens with one attached hydrogen (secondary N) is 1. The molecule has 0 aliphatic carbocycles. The van der Waals surface area contributed by atoms with E-state index in [-0.39, 0.29) is 11.7 Å². The van der Waals surface area contributed by atoms with Crippen molar-refractivity contribution < 1.29 is 13.9 Å². The first-order valence-corrected chi connectivity index (χ1v) is 6.76. The molecule has 0 radical (unpaired) electrons. The van der Waals surface area contributed by atoms with Crippen LogP contribution < -0.4 is 10.1 Å². The molecule has 0 saturated carbocycles. The third-order valence-electron chi connectivity index (χ3n) is 3.18. The third kappa shape index (κ3) is 3.81. The predicted molar refractivity (Wildman–Crippen MR) is 81.0 cm³/mol. The molecule has 0 fully saturated rings. The Labute approximate surface area is 123 Å². The molecule has 0 aliphatic rings. The van der Waals surface area contributed by atoms with Crippen LogP contribution >= 0.6 is 0 Å². The lowest BCUT2D eigenvalue weighted by atomic mass is 10.1. The van der Waals surface area contributed by atoms with E-state index in [0.29, 0.717) is 5.69 Å². The summed E-state index contributed by atoms with van der Waals surface area (Å²) < 4.78 is 18.6. The average Bonchev–Trinajstić information content (AvgIpc) is 2.45. The van der Waals surface area contributed by atoms with E-state index >= 15 is 0 Å². The molecule has 3 nitrogen and oxygen atoms in total. The average molecular weight is 287 g/mol. The summed E-state index contributed by atoms with van der Waals surface area (Å²) in [5, 5.41) is 2.70. The van der Waals surface area contributed by atoms with Crippen molar-refractivity contribution in [1.29, 1.82) is 0 Å². The molecule has 4 heteroatoms. The second kappa shape index (κ2) is 6.39. The minimum Gasteiger partial charge on any atom is -0.480 e. The van der Waals surface area contributed by atoms with E-state index in [1.54, 1.807) is 6.92 Å². The first kappa shape index (κ1) is 15.0. The summed E-state index contributed by atoms with van der Waals surface area (Å²) in [6.45, 7) is 5.56. The van der Waals surface area contributed by atoms with Gasteiger partial charge < -0.3 is 10.1 Å². The van der Waals surface area contributed by atoms with E-state index in [2.05, 4.69) is 5.32 Å². The van der Waals surface area contributed by atoms with Gasteiger partial charge in [-0.2, -0.15) is 0 Å². The van der Waals surface area contributed by atoms with E-state index in [0.717, 1.165) is 16.9 Å². The van der Waals surface area contributed by atoms with E-state index < -0.39 is 6.10 Å². The standard InChI is InChI=1S/C17H18FNO2/c1-11-5-4-6-12(2)16(11)21-13(3)17(20)19-15-9-7-14(18)8-10-15/h4-10,13H,1-3H3,(H,19,20). The Kier molecular flexibility index (Phi) is 4.58. The second-order valence-electron chi connectivity index (χ2n) is 4.98. The van der Waals surface area contributed by atoms with Gasteiger partial charge in [-0.1, -0.05) is 18.2 Å². The zero-order chi connectivity index (χ0) is 15.4. The van der Waals surface area contributed by atoms with Gasteiger partial charge in [-0.05, 0) is 56.2 Å². The van der Waals surface area contributed by atoms with E-state index in [9.17, 15) is 9.18 Å². The molecule has 0 aliphatic heterocycles. The van der Waals surface area contributed by atoms with Crippen LogP contribution in [0.5, 0.6) is 5.75 Å². The van der Waals surface area contributed by atoms with Gasteiger partial charge in [0.1, 0.15) is 11.6 Å². The second-order valence-corrected chi connectivity index (χ2v) is 4.98. The Morgan fingerprint density at radius 1 is 1.10 bits per heavy atom. The molecule has 0 saturated heterocycles. The summed E-state index contributed by atoms with van der Waals surface area (Å²) in [7, 11) is 0. The van der Waals surface area contributed by atoms with Gasteiger partial charge in [0, 0.05) is 5.69 Å². The summed E-state index contributed by atoms with van der Waals surface area (Å²) in [6, 6.07) is 11.4. The molecule has 2 rings (SSSR count). The maximum Gasteiger partial charge on any atom is 0.265 e. The van der Waals surface area contributed by atoms with Gasteiger partial charge in [-0.15, -0.1) is 0 Å². The number of carbonyl (C=O) groups excluding carboxylic acids is 1. The minimum atomic E-state index is -0.644. The largest absolute Gasteiger partial charge is 0.480 e. The number of anilines is 1. The lowest BCUT2D eigenvalue weighted by Gasteiger charge is -2.18. The smallest absolute Gasteiger partial charge is 0.265 e. The number of hydrogen-bond acceptors (Lipinski definition) is 2. The first-order valence-electron chi connectivity index (χ1n) is 6.76. The maximum atomic E-state index is 12.8. The zero-order valence-corrected chi connectivity index (χ0v) is 12.3. The summed E-state index contributed by atoms with van der Waals surface area (Å²) >= 11 is 0. The fourth-order valence-corrected chi connectivity index (χ4v) is 1.99. The Balaban J connectivity index is 2.04. The Bertz CT molecular complexity index is 617. The molecule has 1 amide bonds. The van der Waals surface area contributed by atoms with Crippen molar-refractivity contribution in [2.24, 2.45) is 0 Å². The minimum absolute atomic E-state index is 0.274. The number of carbonyl (C=O) groups is 1. The molecule has 0 aromatic heterocycles. The lowest BCUT2D eigenvalue weighted by molar-refractivity contribution is -0.122. The SMILES string of the molecule is Cc1cccc(C)c1OC(C)C(=O)Nc1ccc(F)cc1. The van der Waals surface area contributed by atoms with Crippen molar-refractivity contribution in [3.05, 3.63) is 59.4 Å². The highest BCUT2D eigenvalue weighted by Gasteiger charge is 2.16. The molecular formula is C17H18FNO2. The predicted octanol–water partition coefficient (Wildman–Crippen LogP) is 3.85. The molecule has 0 spiro atoms. The molecular weight excluding hydrogens is 269 g/mol. The van der Waals surface area contributed by atoms with Gasteiger partial charge in [-0.3, -0.25) is 4.79 Å². The van der Waals surface area contributed by atoms with Gasteiger partial charge >= 0.3 is 0 Å². The van der Waals surface area contributed by atoms with Gasteiger partial charge in [0.15, 0.2) is 6.10 Å². The fraction of sp³-hybridized carbons (Fsp3) is 0.235. The van der Waals surface area contributed by atoms with Crippen molar-refractivity contribution in [3.8, 4) is 5.75 Å². The lowest BCUT2D eigenvalue weighted by Crippen LogP contribution is -2.30. The summed E-state index contributed by atoms with van der Waals surface area (Å²) in [4.78, 5) is 12.1. The van der Waals surface area contributed by atoms with Crippen molar-refractivity contribution in [2.75, 3.05) is 5.32 Å². The number of aryl methyl sites for hydroxylation is 2. The van der Waals surface area contributed by atoms with Gasteiger partial charge in [0.05, 0.1) is 0 Å². The molecule has 2 aromatic carbocycles. The number of hydrogen-bond donors (Lipinski definition) is 1. The van der Waals surface area contributed by atoms with Crippen molar-refractivity contribution in [3.63, 3.8) is 0 Å². The van der Waals surface area contributed by atoms with Gasteiger partial charge in [0.25, 0.3) is 5.91 Å². The first-order chi connectivity index (χ1) is 9.97. The zero-order valence-electron chi connectivity index (χ0n) is 12.3. The molecule has 0 bridgehead atoms. The fourth-order valence-electron chi connectivity index (χ4n) is 1.99. The molecule has 1 N–H and O–H groups in total. The highest BCUT2D eigenvalue weighted by Crippen LogP contribution is 2.23. The van der Waals surface area contributed by atoms with Crippen LogP contribution in [0.2, 0.25) is 0 Å². The highest BCUT2D eigenvalue weighted by atomic mass is 19.1. The number of ether oxygens (including phenoxy) is 1.